The molecule has 21 heavy (non-hydrogen) atoms. The zero-order chi connectivity index (χ0) is 15.4. The first-order chi connectivity index (χ1) is 9.97. The van der Waals surface area contributed by atoms with E-state index in [1.54, 1.807) is 37.2 Å². The van der Waals surface area contributed by atoms with Gasteiger partial charge < -0.3 is 15.3 Å². The monoisotopic (exact) mass is 289 g/mol. The van der Waals surface area contributed by atoms with Crippen LogP contribution in [0.5, 0.6) is 0 Å². The number of hydrogen-bond acceptors (Lipinski definition) is 4. The van der Waals surface area contributed by atoms with Gasteiger partial charge in [0.15, 0.2) is 5.69 Å². The number of urea groups is 1. The number of pyridine rings is 1. The summed E-state index contributed by atoms with van der Waals surface area (Å²) in [5.74, 6) is -1.19. The van der Waals surface area contributed by atoms with E-state index < -0.39 is 12.0 Å². The molecule has 0 aliphatic heterocycles. The fourth-order valence-electron chi connectivity index (χ4n) is 1.79. The van der Waals surface area contributed by atoms with Gasteiger partial charge in [0.05, 0.1) is 18.4 Å². The van der Waals surface area contributed by atoms with Crippen molar-refractivity contribution < 1.29 is 14.7 Å². The number of aryl methyl sites for hydroxylation is 1. The SMILES string of the molecule is CN(Cc1cnn(C)c1)C(=O)Nc1cccnc1C(=O)O. The summed E-state index contributed by atoms with van der Waals surface area (Å²) in [4.78, 5) is 28.3. The molecule has 0 saturated carbocycles. The summed E-state index contributed by atoms with van der Waals surface area (Å²) in [6.07, 6.45) is 4.82. The first-order valence-corrected chi connectivity index (χ1v) is 6.15. The Hall–Kier alpha value is -2.90. The van der Waals surface area contributed by atoms with E-state index in [2.05, 4.69) is 15.4 Å². The average Bonchev–Trinajstić information content (AvgIpc) is 2.84. The molecule has 8 heteroatoms. The Morgan fingerprint density at radius 3 is 2.86 bits per heavy atom. The number of aromatic carboxylic acids is 1. The number of anilines is 1. The number of carbonyl (C=O) groups excluding carboxylic acids is 1. The minimum absolute atomic E-state index is 0.160. The molecule has 8 nitrogen and oxygen atoms in total. The number of carboxylic acids is 1. The second kappa shape index (κ2) is 6.04. The molecule has 0 radical (unpaired) electrons. The van der Waals surface area contributed by atoms with Gasteiger partial charge in [-0.2, -0.15) is 5.10 Å². The summed E-state index contributed by atoms with van der Waals surface area (Å²) < 4.78 is 1.64. The molecule has 0 aliphatic rings. The Balaban J connectivity index is 2.05. The molecule has 110 valence electrons. The van der Waals surface area contributed by atoms with Crippen molar-refractivity contribution in [2.24, 2.45) is 7.05 Å². The highest BCUT2D eigenvalue weighted by atomic mass is 16.4. The lowest BCUT2D eigenvalue weighted by atomic mass is 10.3. The molecule has 2 N–H and O–H groups in total. The minimum Gasteiger partial charge on any atom is -0.476 e. The smallest absolute Gasteiger partial charge is 0.356 e. The van der Waals surface area contributed by atoms with E-state index in [9.17, 15) is 9.59 Å². The maximum absolute atomic E-state index is 12.1. The molecular weight excluding hydrogens is 274 g/mol. The van der Waals surface area contributed by atoms with Crippen LogP contribution in [0.4, 0.5) is 10.5 Å². The van der Waals surface area contributed by atoms with Gasteiger partial charge in [0.25, 0.3) is 0 Å². The summed E-state index contributed by atoms with van der Waals surface area (Å²) >= 11 is 0. The summed E-state index contributed by atoms with van der Waals surface area (Å²) in [6, 6.07) is 2.63. The molecule has 2 rings (SSSR count). The number of nitrogens with one attached hydrogen (secondary N) is 1. The summed E-state index contributed by atoms with van der Waals surface area (Å²) in [6.45, 7) is 0.363. The largest absolute Gasteiger partial charge is 0.476 e. The normalized spacial score (nSPS) is 10.2. The van der Waals surface area contributed by atoms with Crippen LogP contribution in [-0.4, -0.2) is 43.8 Å². The molecule has 2 heterocycles. The number of hydrogen-bond donors (Lipinski definition) is 2. The maximum Gasteiger partial charge on any atom is 0.356 e. The Bertz CT molecular complexity index is 667. The highest BCUT2D eigenvalue weighted by Crippen LogP contribution is 2.13. The van der Waals surface area contributed by atoms with Crippen LogP contribution in [0.2, 0.25) is 0 Å². The van der Waals surface area contributed by atoms with Gasteiger partial charge in [-0.3, -0.25) is 4.68 Å². The van der Waals surface area contributed by atoms with Crippen LogP contribution >= 0.6 is 0 Å². The van der Waals surface area contributed by atoms with Gasteiger partial charge in [-0.25, -0.2) is 14.6 Å². The quantitative estimate of drug-likeness (QED) is 0.880. The molecule has 0 bridgehead atoms. The van der Waals surface area contributed by atoms with Crippen LogP contribution in [0.25, 0.3) is 0 Å². The van der Waals surface area contributed by atoms with E-state index >= 15 is 0 Å². The number of aromatic nitrogens is 3. The molecular formula is C13H15N5O3. The van der Waals surface area contributed by atoms with Gasteiger partial charge in [-0.15, -0.1) is 0 Å². The number of carboxylic acid groups (broad SMARTS) is 1. The topological polar surface area (TPSA) is 100 Å². The number of amides is 2. The minimum atomic E-state index is -1.19. The number of carbonyl (C=O) groups is 2. The van der Waals surface area contributed by atoms with Crippen LogP contribution in [0.15, 0.2) is 30.7 Å². The van der Waals surface area contributed by atoms with Crippen molar-refractivity contribution in [2.45, 2.75) is 6.54 Å². The van der Waals surface area contributed by atoms with Gasteiger partial charge >= 0.3 is 12.0 Å². The summed E-state index contributed by atoms with van der Waals surface area (Å²) in [5.41, 5.74) is 0.841. The van der Waals surface area contributed by atoms with E-state index in [-0.39, 0.29) is 11.4 Å². The zero-order valence-corrected chi connectivity index (χ0v) is 11.6. The van der Waals surface area contributed by atoms with Crippen molar-refractivity contribution in [3.05, 3.63) is 42.0 Å². The highest BCUT2D eigenvalue weighted by Gasteiger charge is 2.16. The first-order valence-electron chi connectivity index (χ1n) is 6.15. The van der Waals surface area contributed by atoms with E-state index in [0.717, 1.165) is 5.56 Å². The van der Waals surface area contributed by atoms with Crippen LogP contribution in [0.1, 0.15) is 16.1 Å². The van der Waals surface area contributed by atoms with E-state index in [1.807, 2.05) is 0 Å². The molecule has 2 aromatic heterocycles. The average molecular weight is 289 g/mol. The van der Waals surface area contributed by atoms with Gasteiger partial charge in [0.1, 0.15) is 0 Å². The number of nitrogens with zero attached hydrogens (tertiary/aromatic N) is 4. The van der Waals surface area contributed by atoms with Crippen LogP contribution < -0.4 is 5.32 Å². The molecule has 0 fully saturated rings. The molecule has 2 amide bonds. The van der Waals surface area contributed by atoms with Crippen molar-refractivity contribution in [3.63, 3.8) is 0 Å². The third-order valence-electron chi connectivity index (χ3n) is 2.78. The number of rotatable bonds is 4. The standard InChI is InChI=1S/C13H15N5O3/c1-17(7-9-6-15-18(2)8-9)13(21)16-10-4-3-5-14-11(10)12(19)20/h3-6,8H,7H2,1-2H3,(H,16,21)(H,19,20). The van der Waals surface area contributed by atoms with Crippen molar-refractivity contribution in [3.8, 4) is 0 Å². The first kappa shape index (κ1) is 14.5. The van der Waals surface area contributed by atoms with Crippen molar-refractivity contribution in [1.82, 2.24) is 19.7 Å². The van der Waals surface area contributed by atoms with Crippen LogP contribution in [0.3, 0.4) is 0 Å². The molecule has 0 aliphatic carbocycles. The second-order valence-electron chi connectivity index (χ2n) is 4.51. The van der Waals surface area contributed by atoms with Crippen molar-refractivity contribution in [2.75, 3.05) is 12.4 Å². The third kappa shape index (κ3) is 3.56. The summed E-state index contributed by atoms with van der Waals surface area (Å²) in [5, 5.41) is 15.6. The van der Waals surface area contributed by atoms with Crippen molar-refractivity contribution in [1.29, 1.82) is 0 Å². The molecule has 0 spiro atoms. The zero-order valence-electron chi connectivity index (χ0n) is 11.6. The fraction of sp³-hybridized carbons (Fsp3) is 0.231. The van der Waals surface area contributed by atoms with E-state index in [0.29, 0.717) is 6.54 Å². The molecule has 2 aromatic rings. The predicted octanol–water partition coefficient (Wildman–Crippen LogP) is 1.18. The van der Waals surface area contributed by atoms with Gasteiger partial charge in [0, 0.05) is 32.1 Å². The molecule has 0 saturated heterocycles. The highest BCUT2D eigenvalue weighted by molar-refractivity contribution is 5.98. The Morgan fingerprint density at radius 2 is 2.24 bits per heavy atom. The fourth-order valence-corrected chi connectivity index (χ4v) is 1.79. The van der Waals surface area contributed by atoms with E-state index in [1.165, 1.54) is 17.2 Å². The van der Waals surface area contributed by atoms with Gasteiger partial charge in [-0.05, 0) is 12.1 Å². The van der Waals surface area contributed by atoms with Gasteiger partial charge in [0.2, 0.25) is 0 Å². The van der Waals surface area contributed by atoms with Gasteiger partial charge in [-0.1, -0.05) is 0 Å². The lowest BCUT2D eigenvalue weighted by Gasteiger charge is -2.17. The lowest BCUT2D eigenvalue weighted by Crippen LogP contribution is -2.31. The predicted molar refractivity (Wildman–Crippen MR) is 74.9 cm³/mol. The lowest BCUT2D eigenvalue weighted by molar-refractivity contribution is 0.0691. The van der Waals surface area contributed by atoms with Crippen LogP contribution in [0, 0.1) is 0 Å². The Labute approximate surface area is 121 Å². The van der Waals surface area contributed by atoms with Crippen molar-refractivity contribution >= 4 is 17.7 Å². The Kier molecular flexibility index (Phi) is 4.17. The molecule has 0 atom stereocenters. The second-order valence-corrected chi connectivity index (χ2v) is 4.51. The Morgan fingerprint density at radius 1 is 1.48 bits per heavy atom. The molecule has 0 aromatic carbocycles. The molecule has 0 unspecified atom stereocenters. The maximum atomic E-state index is 12.1. The van der Waals surface area contributed by atoms with E-state index in [4.69, 9.17) is 5.11 Å². The summed E-state index contributed by atoms with van der Waals surface area (Å²) in [7, 11) is 3.40. The van der Waals surface area contributed by atoms with Crippen LogP contribution in [-0.2, 0) is 13.6 Å². The third-order valence-corrected chi connectivity index (χ3v) is 2.78.